The summed E-state index contributed by atoms with van der Waals surface area (Å²) in [6, 6.07) is 10.00. The Labute approximate surface area is 207 Å². The zero-order chi connectivity index (χ0) is 24.4. The highest BCUT2D eigenvalue weighted by Crippen LogP contribution is 2.29. The molecule has 2 aromatic rings. The maximum absolute atomic E-state index is 13.0. The Balaban J connectivity index is 1.38. The molecule has 4 rings (SSSR count). The number of nitrogens with zero attached hydrogens (tertiary/aromatic N) is 2. The number of likely N-dealkylation sites (tertiary alicyclic amines) is 1. The molecule has 0 aliphatic carbocycles. The van der Waals surface area contributed by atoms with Crippen LogP contribution in [0.3, 0.4) is 0 Å². The number of halogens is 2. The second-order valence-corrected chi connectivity index (χ2v) is 9.54. The molecular formula is C25H24Cl2N2O5. The number of imide groups is 1. The summed E-state index contributed by atoms with van der Waals surface area (Å²) in [4.78, 5) is 53.6. The van der Waals surface area contributed by atoms with Crippen LogP contribution in [0.1, 0.15) is 46.9 Å². The van der Waals surface area contributed by atoms with Crippen LogP contribution in [-0.2, 0) is 14.3 Å². The molecule has 0 saturated carbocycles. The van der Waals surface area contributed by atoms with Crippen molar-refractivity contribution in [1.82, 2.24) is 4.90 Å². The van der Waals surface area contributed by atoms with Gasteiger partial charge >= 0.3 is 5.97 Å². The molecule has 0 aromatic heterocycles. The van der Waals surface area contributed by atoms with Crippen LogP contribution in [0.5, 0.6) is 0 Å². The first-order chi connectivity index (χ1) is 16.2. The number of anilines is 1. The van der Waals surface area contributed by atoms with Gasteiger partial charge in [-0.1, -0.05) is 30.1 Å². The number of carbonyl (C=O) groups is 4. The first kappa shape index (κ1) is 24.4. The van der Waals surface area contributed by atoms with Crippen molar-refractivity contribution >= 4 is 52.5 Å². The Morgan fingerprint density at radius 3 is 2.50 bits per heavy atom. The first-order valence-electron chi connectivity index (χ1n) is 11.1. The van der Waals surface area contributed by atoms with E-state index < -0.39 is 24.4 Å². The van der Waals surface area contributed by atoms with Crippen molar-refractivity contribution in [1.29, 1.82) is 0 Å². The number of ketones is 1. The molecule has 0 N–H and O–H groups in total. The molecule has 178 valence electrons. The normalized spacial score (nSPS) is 21.1. The third kappa shape index (κ3) is 5.17. The van der Waals surface area contributed by atoms with E-state index in [0.29, 0.717) is 16.6 Å². The van der Waals surface area contributed by atoms with E-state index in [9.17, 15) is 19.2 Å². The molecule has 7 nitrogen and oxygen atoms in total. The molecule has 2 saturated heterocycles. The van der Waals surface area contributed by atoms with E-state index in [1.54, 1.807) is 0 Å². The third-order valence-corrected chi connectivity index (χ3v) is 6.73. The SMILES string of the molecule is CC1CCCN(C2CC(=O)N(c3ccc(C(=O)OCC(=O)c4ccc(Cl)cc4Cl)cc3)C2=O)C1. The molecule has 2 fully saturated rings. The Bertz CT molecular complexity index is 1130. The molecule has 2 aliphatic heterocycles. The lowest BCUT2D eigenvalue weighted by Crippen LogP contribution is -2.46. The van der Waals surface area contributed by atoms with Crippen molar-refractivity contribution < 1.29 is 23.9 Å². The average Bonchev–Trinajstić information content (AvgIpc) is 3.11. The summed E-state index contributed by atoms with van der Waals surface area (Å²) in [6.07, 6.45) is 2.30. The van der Waals surface area contributed by atoms with E-state index in [1.165, 1.54) is 47.4 Å². The molecule has 0 bridgehead atoms. The second-order valence-electron chi connectivity index (χ2n) is 8.70. The summed E-state index contributed by atoms with van der Waals surface area (Å²) in [5.74, 6) is -1.16. The minimum Gasteiger partial charge on any atom is -0.454 e. The number of benzene rings is 2. The summed E-state index contributed by atoms with van der Waals surface area (Å²) in [7, 11) is 0. The summed E-state index contributed by atoms with van der Waals surface area (Å²) >= 11 is 11.8. The molecule has 2 aromatic carbocycles. The van der Waals surface area contributed by atoms with Gasteiger partial charge in [0.15, 0.2) is 6.61 Å². The van der Waals surface area contributed by atoms with Crippen molar-refractivity contribution in [3.63, 3.8) is 0 Å². The quantitative estimate of drug-likeness (QED) is 0.330. The summed E-state index contributed by atoms with van der Waals surface area (Å²) in [5, 5.41) is 0.570. The zero-order valence-electron chi connectivity index (χ0n) is 18.6. The fraction of sp³-hybridized carbons (Fsp3) is 0.360. The van der Waals surface area contributed by atoms with Crippen molar-refractivity contribution in [2.24, 2.45) is 5.92 Å². The van der Waals surface area contributed by atoms with E-state index in [4.69, 9.17) is 27.9 Å². The number of Topliss-reactive ketones (excluding diaryl/α,β-unsaturated/α-hetero) is 1. The lowest BCUT2D eigenvalue weighted by Gasteiger charge is -2.34. The molecule has 34 heavy (non-hydrogen) atoms. The summed E-state index contributed by atoms with van der Waals surface area (Å²) < 4.78 is 5.11. The number of ether oxygens (including phenoxy) is 1. The van der Waals surface area contributed by atoms with Gasteiger partial charge in [-0.3, -0.25) is 19.3 Å². The number of rotatable bonds is 6. The van der Waals surface area contributed by atoms with Crippen LogP contribution in [0.2, 0.25) is 10.0 Å². The van der Waals surface area contributed by atoms with E-state index in [2.05, 4.69) is 11.8 Å². The minimum absolute atomic E-state index is 0.157. The van der Waals surface area contributed by atoms with Gasteiger partial charge in [0.05, 0.1) is 28.7 Å². The monoisotopic (exact) mass is 502 g/mol. The van der Waals surface area contributed by atoms with Crippen LogP contribution in [0.4, 0.5) is 5.69 Å². The van der Waals surface area contributed by atoms with Gasteiger partial charge in [-0.05, 0) is 67.8 Å². The Kier molecular flexibility index (Phi) is 7.36. The highest BCUT2D eigenvalue weighted by atomic mass is 35.5. The van der Waals surface area contributed by atoms with Gasteiger partial charge < -0.3 is 4.74 Å². The summed E-state index contributed by atoms with van der Waals surface area (Å²) in [5.41, 5.74) is 0.806. The standard InChI is InChI=1S/C25H24Cl2N2O5/c1-15-3-2-10-28(13-15)21-12-23(31)29(24(21)32)18-7-4-16(5-8-18)25(33)34-14-22(30)19-9-6-17(26)11-20(19)27/h4-9,11,15,21H,2-3,10,12-14H2,1H3. The van der Waals surface area contributed by atoms with E-state index in [1.807, 2.05) is 0 Å². The topological polar surface area (TPSA) is 84.0 Å². The molecule has 2 amide bonds. The highest BCUT2D eigenvalue weighted by Gasteiger charge is 2.43. The van der Waals surface area contributed by atoms with E-state index in [-0.39, 0.29) is 34.4 Å². The molecule has 0 radical (unpaired) electrons. The number of carbonyl (C=O) groups excluding carboxylic acids is 4. The van der Waals surface area contributed by atoms with Crippen LogP contribution < -0.4 is 4.90 Å². The van der Waals surface area contributed by atoms with E-state index in [0.717, 1.165) is 25.9 Å². The number of amides is 2. The maximum Gasteiger partial charge on any atom is 0.338 e. The van der Waals surface area contributed by atoms with Crippen molar-refractivity contribution in [2.75, 3.05) is 24.6 Å². The van der Waals surface area contributed by atoms with Crippen LogP contribution in [0.25, 0.3) is 0 Å². The minimum atomic E-state index is -0.704. The third-order valence-electron chi connectivity index (χ3n) is 6.18. The fourth-order valence-electron chi connectivity index (χ4n) is 4.44. The van der Waals surface area contributed by atoms with Crippen LogP contribution >= 0.6 is 23.2 Å². The molecule has 2 aliphatic rings. The second kappa shape index (κ2) is 10.3. The van der Waals surface area contributed by atoms with Crippen molar-refractivity contribution in [2.45, 2.75) is 32.2 Å². The maximum atomic E-state index is 13.0. The number of esters is 1. The molecule has 2 heterocycles. The number of piperidine rings is 1. The van der Waals surface area contributed by atoms with Gasteiger partial charge in [0, 0.05) is 17.1 Å². The average molecular weight is 503 g/mol. The predicted octanol–water partition coefficient (Wildman–Crippen LogP) is 4.40. The lowest BCUT2D eigenvalue weighted by atomic mass is 9.98. The molecular weight excluding hydrogens is 479 g/mol. The first-order valence-corrected chi connectivity index (χ1v) is 11.9. The summed E-state index contributed by atoms with van der Waals surface area (Å²) in [6.45, 7) is 3.29. The van der Waals surface area contributed by atoms with Gasteiger partial charge in [0.1, 0.15) is 0 Å². The molecule has 2 atom stereocenters. The van der Waals surface area contributed by atoms with Crippen molar-refractivity contribution in [3.8, 4) is 0 Å². The fourth-order valence-corrected chi connectivity index (χ4v) is 4.95. The van der Waals surface area contributed by atoms with Crippen LogP contribution in [0.15, 0.2) is 42.5 Å². The largest absolute Gasteiger partial charge is 0.454 e. The Morgan fingerprint density at radius 1 is 1.09 bits per heavy atom. The van der Waals surface area contributed by atoms with Crippen molar-refractivity contribution in [3.05, 3.63) is 63.6 Å². The molecule has 9 heteroatoms. The van der Waals surface area contributed by atoms with Crippen LogP contribution in [0, 0.1) is 5.92 Å². The smallest absolute Gasteiger partial charge is 0.338 e. The zero-order valence-corrected chi connectivity index (χ0v) is 20.1. The Morgan fingerprint density at radius 2 is 1.82 bits per heavy atom. The predicted molar refractivity (Wildman–Crippen MR) is 128 cm³/mol. The van der Waals surface area contributed by atoms with Gasteiger partial charge in [-0.15, -0.1) is 0 Å². The Hall–Kier alpha value is -2.74. The lowest BCUT2D eigenvalue weighted by molar-refractivity contribution is -0.123. The van der Waals surface area contributed by atoms with Gasteiger partial charge in [0.25, 0.3) is 5.91 Å². The van der Waals surface area contributed by atoms with Gasteiger partial charge in [-0.25, -0.2) is 9.69 Å². The number of hydrogen-bond acceptors (Lipinski definition) is 6. The molecule has 2 unspecified atom stereocenters. The number of hydrogen-bond donors (Lipinski definition) is 0. The van der Waals surface area contributed by atoms with Gasteiger partial charge in [-0.2, -0.15) is 0 Å². The highest BCUT2D eigenvalue weighted by molar-refractivity contribution is 6.36. The van der Waals surface area contributed by atoms with Gasteiger partial charge in [0.2, 0.25) is 11.7 Å². The van der Waals surface area contributed by atoms with E-state index >= 15 is 0 Å². The van der Waals surface area contributed by atoms with Crippen LogP contribution in [-0.4, -0.2) is 54.2 Å². The molecule has 0 spiro atoms.